The SMILES string of the molecule is COCC(C(=O)O)N1CCCC1C(N)=O. The highest BCUT2D eigenvalue weighted by molar-refractivity contribution is 5.82. The van der Waals surface area contributed by atoms with Crippen molar-refractivity contribution in [1.29, 1.82) is 0 Å². The van der Waals surface area contributed by atoms with E-state index >= 15 is 0 Å². The zero-order valence-electron chi connectivity index (χ0n) is 8.68. The number of primary amides is 1. The first kappa shape index (κ1) is 11.9. The van der Waals surface area contributed by atoms with Crippen molar-refractivity contribution < 1.29 is 19.4 Å². The second-order valence-corrected chi connectivity index (χ2v) is 3.61. The normalized spacial score (nSPS) is 23.9. The van der Waals surface area contributed by atoms with Gasteiger partial charge in [-0.1, -0.05) is 0 Å². The van der Waals surface area contributed by atoms with E-state index in [9.17, 15) is 9.59 Å². The third-order valence-electron chi connectivity index (χ3n) is 2.63. The molecule has 6 nitrogen and oxygen atoms in total. The van der Waals surface area contributed by atoms with Crippen LogP contribution in [-0.2, 0) is 14.3 Å². The van der Waals surface area contributed by atoms with E-state index in [1.54, 1.807) is 4.90 Å². The molecule has 6 heteroatoms. The Labute approximate surface area is 88.0 Å². The Kier molecular flexibility index (Phi) is 4.05. The van der Waals surface area contributed by atoms with Crippen LogP contribution in [0.15, 0.2) is 0 Å². The number of methoxy groups -OCH3 is 1. The molecular formula is C9H16N2O4. The quantitative estimate of drug-likeness (QED) is 0.617. The van der Waals surface area contributed by atoms with Crippen molar-refractivity contribution in [2.24, 2.45) is 5.73 Å². The maximum absolute atomic E-state index is 11.1. The molecule has 1 aliphatic heterocycles. The van der Waals surface area contributed by atoms with Crippen molar-refractivity contribution in [3.05, 3.63) is 0 Å². The van der Waals surface area contributed by atoms with E-state index in [1.165, 1.54) is 7.11 Å². The number of nitrogens with two attached hydrogens (primary N) is 1. The monoisotopic (exact) mass is 216 g/mol. The number of hydrogen-bond acceptors (Lipinski definition) is 4. The molecule has 1 fully saturated rings. The highest BCUT2D eigenvalue weighted by Gasteiger charge is 2.37. The van der Waals surface area contributed by atoms with Crippen LogP contribution in [0.1, 0.15) is 12.8 Å². The molecule has 1 amide bonds. The average Bonchev–Trinajstić information content (AvgIpc) is 2.61. The van der Waals surface area contributed by atoms with Crippen molar-refractivity contribution in [1.82, 2.24) is 4.90 Å². The molecule has 0 spiro atoms. The zero-order valence-corrected chi connectivity index (χ0v) is 8.68. The van der Waals surface area contributed by atoms with Gasteiger partial charge in [0.1, 0.15) is 6.04 Å². The van der Waals surface area contributed by atoms with Crippen LogP contribution in [0, 0.1) is 0 Å². The topological polar surface area (TPSA) is 92.9 Å². The summed E-state index contributed by atoms with van der Waals surface area (Å²) in [7, 11) is 1.44. The molecule has 1 heterocycles. The molecule has 15 heavy (non-hydrogen) atoms. The lowest BCUT2D eigenvalue weighted by Crippen LogP contribution is -2.51. The summed E-state index contributed by atoms with van der Waals surface area (Å²) in [6, 6.07) is -1.25. The van der Waals surface area contributed by atoms with Gasteiger partial charge in [-0.3, -0.25) is 14.5 Å². The van der Waals surface area contributed by atoms with Gasteiger partial charge in [-0.2, -0.15) is 0 Å². The Balaban J connectivity index is 2.73. The number of carbonyl (C=O) groups excluding carboxylic acids is 1. The lowest BCUT2D eigenvalue weighted by atomic mass is 10.2. The van der Waals surface area contributed by atoms with E-state index in [-0.39, 0.29) is 6.61 Å². The van der Waals surface area contributed by atoms with E-state index in [1.807, 2.05) is 0 Å². The molecular weight excluding hydrogens is 200 g/mol. The molecule has 0 aromatic carbocycles. The van der Waals surface area contributed by atoms with E-state index in [2.05, 4.69) is 0 Å². The largest absolute Gasteiger partial charge is 0.480 e. The highest BCUT2D eigenvalue weighted by Crippen LogP contribution is 2.20. The predicted octanol–water partition coefficient (Wildman–Crippen LogP) is -0.964. The van der Waals surface area contributed by atoms with Crippen molar-refractivity contribution in [3.8, 4) is 0 Å². The van der Waals surface area contributed by atoms with Crippen molar-refractivity contribution in [2.75, 3.05) is 20.3 Å². The van der Waals surface area contributed by atoms with Crippen LogP contribution in [-0.4, -0.2) is 54.2 Å². The molecule has 1 rings (SSSR count). The molecule has 86 valence electrons. The van der Waals surface area contributed by atoms with Gasteiger partial charge >= 0.3 is 5.97 Å². The number of aliphatic carboxylic acids is 1. The van der Waals surface area contributed by atoms with E-state index < -0.39 is 24.0 Å². The van der Waals surface area contributed by atoms with Crippen LogP contribution in [0.4, 0.5) is 0 Å². The van der Waals surface area contributed by atoms with Crippen molar-refractivity contribution >= 4 is 11.9 Å². The van der Waals surface area contributed by atoms with Gasteiger partial charge in [0.2, 0.25) is 5.91 Å². The van der Waals surface area contributed by atoms with Crippen LogP contribution < -0.4 is 5.73 Å². The Bertz CT molecular complexity index is 256. The van der Waals surface area contributed by atoms with E-state index in [0.717, 1.165) is 6.42 Å². The summed E-state index contributed by atoms with van der Waals surface area (Å²) in [6.45, 7) is 0.646. The Morgan fingerprint density at radius 1 is 1.67 bits per heavy atom. The first-order chi connectivity index (χ1) is 7.07. The summed E-state index contributed by atoms with van der Waals surface area (Å²) in [5.74, 6) is -1.44. The fourth-order valence-electron chi connectivity index (χ4n) is 1.93. The number of ether oxygens (including phenoxy) is 1. The number of carboxylic acid groups (broad SMARTS) is 1. The van der Waals surface area contributed by atoms with Gasteiger partial charge in [-0.25, -0.2) is 0 Å². The zero-order chi connectivity index (χ0) is 11.4. The molecule has 0 aromatic rings. The number of hydrogen-bond donors (Lipinski definition) is 2. The summed E-state index contributed by atoms with van der Waals surface area (Å²) in [4.78, 5) is 23.7. The van der Waals surface area contributed by atoms with E-state index in [0.29, 0.717) is 13.0 Å². The minimum Gasteiger partial charge on any atom is -0.480 e. The van der Waals surface area contributed by atoms with Crippen LogP contribution in [0.3, 0.4) is 0 Å². The summed E-state index contributed by atoms with van der Waals surface area (Å²) < 4.78 is 4.83. The predicted molar refractivity (Wildman–Crippen MR) is 52.2 cm³/mol. The molecule has 0 bridgehead atoms. The standard InChI is InChI=1S/C9H16N2O4/c1-15-5-7(9(13)14)11-4-2-3-6(11)8(10)12/h6-7H,2-5H2,1H3,(H2,10,12)(H,13,14). The summed E-state index contributed by atoms with van der Waals surface area (Å²) in [5.41, 5.74) is 5.21. The number of amides is 1. The van der Waals surface area contributed by atoms with Gasteiger partial charge in [-0.15, -0.1) is 0 Å². The second kappa shape index (κ2) is 5.09. The van der Waals surface area contributed by atoms with Gasteiger partial charge in [0.05, 0.1) is 12.6 Å². The van der Waals surface area contributed by atoms with Crippen LogP contribution >= 0.6 is 0 Å². The Morgan fingerprint density at radius 3 is 2.80 bits per heavy atom. The number of nitrogens with zero attached hydrogens (tertiary/aromatic N) is 1. The molecule has 1 saturated heterocycles. The number of carboxylic acids is 1. The first-order valence-electron chi connectivity index (χ1n) is 4.84. The third kappa shape index (κ3) is 2.66. The Morgan fingerprint density at radius 2 is 2.33 bits per heavy atom. The van der Waals surface area contributed by atoms with Crippen LogP contribution in [0.2, 0.25) is 0 Å². The smallest absolute Gasteiger partial charge is 0.323 e. The number of rotatable bonds is 5. The van der Waals surface area contributed by atoms with Gasteiger partial charge in [0.25, 0.3) is 0 Å². The Hall–Kier alpha value is -1.14. The molecule has 2 unspecified atom stereocenters. The average molecular weight is 216 g/mol. The van der Waals surface area contributed by atoms with Gasteiger partial charge in [0.15, 0.2) is 0 Å². The summed E-state index contributed by atoms with van der Waals surface area (Å²) >= 11 is 0. The van der Waals surface area contributed by atoms with Gasteiger partial charge in [-0.05, 0) is 19.4 Å². The first-order valence-corrected chi connectivity index (χ1v) is 4.84. The van der Waals surface area contributed by atoms with Crippen molar-refractivity contribution in [3.63, 3.8) is 0 Å². The third-order valence-corrected chi connectivity index (χ3v) is 2.63. The maximum atomic E-state index is 11.1. The molecule has 2 atom stereocenters. The van der Waals surface area contributed by atoms with E-state index in [4.69, 9.17) is 15.6 Å². The molecule has 0 aromatic heterocycles. The lowest BCUT2D eigenvalue weighted by Gasteiger charge is -2.27. The fraction of sp³-hybridized carbons (Fsp3) is 0.778. The molecule has 1 aliphatic rings. The van der Waals surface area contributed by atoms with Gasteiger partial charge < -0.3 is 15.6 Å². The molecule has 3 N–H and O–H groups in total. The lowest BCUT2D eigenvalue weighted by molar-refractivity contribution is -0.146. The number of likely N-dealkylation sites (tertiary alicyclic amines) is 1. The van der Waals surface area contributed by atoms with Gasteiger partial charge in [0, 0.05) is 7.11 Å². The van der Waals surface area contributed by atoms with Crippen LogP contribution in [0.25, 0.3) is 0 Å². The maximum Gasteiger partial charge on any atom is 0.323 e. The second-order valence-electron chi connectivity index (χ2n) is 3.61. The molecule has 0 radical (unpaired) electrons. The van der Waals surface area contributed by atoms with Crippen molar-refractivity contribution in [2.45, 2.75) is 24.9 Å². The van der Waals surface area contributed by atoms with Crippen LogP contribution in [0.5, 0.6) is 0 Å². The number of carbonyl (C=O) groups is 2. The molecule has 0 aliphatic carbocycles. The molecule has 0 saturated carbocycles. The minimum atomic E-state index is -0.981. The fourth-order valence-corrected chi connectivity index (χ4v) is 1.93. The minimum absolute atomic E-state index is 0.0686. The highest BCUT2D eigenvalue weighted by atomic mass is 16.5. The summed E-state index contributed by atoms with van der Waals surface area (Å²) in [5, 5.41) is 8.99. The summed E-state index contributed by atoms with van der Waals surface area (Å²) in [6.07, 6.45) is 1.42.